The van der Waals surface area contributed by atoms with E-state index in [2.05, 4.69) is 32.2 Å². The smallest absolute Gasteiger partial charge is 0.232 e. The summed E-state index contributed by atoms with van der Waals surface area (Å²) in [6.45, 7) is 2.08. The molecular formula is C24H24N6O. The lowest BCUT2D eigenvalue weighted by molar-refractivity contribution is 0.0968. The standard InChI is InChI=1S/C24H24N6O/c1-30-8-6-18(7-9-30)29-23-19-10-16(17-12-27-22(11-25)28-13-17)4-5-21(19)26-14-20(23)24(31)15-2-3-15/h4-5,10,12-15,18H,2-3,6-9H2,1H3,(H,26,29). The van der Waals surface area contributed by atoms with Gasteiger partial charge in [0.1, 0.15) is 6.07 Å². The van der Waals surface area contributed by atoms with Crippen LogP contribution in [0.4, 0.5) is 5.69 Å². The van der Waals surface area contributed by atoms with Crippen molar-refractivity contribution in [2.75, 3.05) is 25.5 Å². The molecule has 156 valence electrons. The maximum Gasteiger partial charge on any atom is 0.232 e. The number of nitrogens with one attached hydrogen (secondary N) is 1. The Morgan fingerprint density at radius 3 is 2.48 bits per heavy atom. The van der Waals surface area contributed by atoms with Crippen LogP contribution in [0.5, 0.6) is 0 Å². The highest BCUT2D eigenvalue weighted by atomic mass is 16.1. The Morgan fingerprint density at radius 1 is 1.06 bits per heavy atom. The fourth-order valence-corrected chi connectivity index (χ4v) is 4.17. The lowest BCUT2D eigenvalue weighted by Crippen LogP contribution is -2.37. The van der Waals surface area contributed by atoms with E-state index < -0.39 is 0 Å². The number of Topliss-reactive ketones (excluding diaryl/α,β-unsaturated/α-hetero) is 1. The second-order valence-corrected chi connectivity index (χ2v) is 8.55. The van der Waals surface area contributed by atoms with Crippen LogP contribution < -0.4 is 5.32 Å². The predicted molar refractivity (Wildman–Crippen MR) is 119 cm³/mol. The van der Waals surface area contributed by atoms with Gasteiger partial charge >= 0.3 is 0 Å². The Kier molecular flexibility index (Phi) is 5.08. The largest absolute Gasteiger partial charge is 0.381 e. The molecule has 1 aliphatic heterocycles. The first-order chi connectivity index (χ1) is 15.1. The van der Waals surface area contributed by atoms with Crippen LogP contribution in [-0.2, 0) is 0 Å². The molecule has 0 bridgehead atoms. The van der Waals surface area contributed by atoms with Crippen LogP contribution in [0.25, 0.3) is 22.0 Å². The minimum Gasteiger partial charge on any atom is -0.381 e. The van der Waals surface area contributed by atoms with Gasteiger partial charge in [0.25, 0.3) is 0 Å². The number of piperidine rings is 1. The molecule has 3 aromatic rings. The zero-order valence-corrected chi connectivity index (χ0v) is 17.5. The monoisotopic (exact) mass is 412 g/mol. The SMILES string of the molecule is CN1CCC(Nc2c(C(=O)C3CC3)cnc3ccc(-c4cnc(C#N)nc4)cc23)CC1. The first-order valence-electron chi connectivity index (χ1n) is 10.8. The molecule has 0 unspecified atom stereocenters. The number of anilines is 1. The van der Waals surface area contributed by atoms with E-state index in [0.29, 0.717) is 11.6 Å². The molecule has 5 rings (SSSR count). The van der Waals surface area contributed by atoms with Crippen molar-refractivity contribution in [1.29, 1.82) is 5.26 Å². The molecule has 1 aliphatic carbocycles. The van der Waals surface area contributed by atoms with Crippen LogP contribution in [0.1, 0.15) is 41.9 Å². The van der Waals surface area contributed by atoms with Gasteiger partial charge in [0, 0.05) is 41.5 Å². The Balaban J connectivity index is 1.58. The maximum atomic E-state index is 13.1. The van der Waals surface area contributed by atoms with Crippen LogP contribution >= 0.6 is 0 Å². The first kappa shape index (κ1) is 19.6. The highest BCUT2D eigenvalue weighted by molar-refractivity contribution is 6.10. The minimum absolute atomic E-state index is 0.132. The fourth-order valence-electron chi connectivity index (χ4n) is 4.17. The molecule has 0 spiro atoms. The van der Waals surface area contributed by atoms with E-state index in [9.17, 15) is 4.79 Å². The lowest BCUT2D eigenvalue weighted by atomic mass is 9.98. The summed E-state index contributed by atoms with van der Waals surface area (Å²) in [4.78, 5) is 28.2. The number of nitriles is 1. The summed E-state index contributed by atoms with van der Waals surface area (Å²) in [5.74, 6) is 0.470. The number of fused-ring (bicyclic) bond motifs is 1. The van der Waals surface area contributed by atoms with Gasteiger partial charge in [0.15, 0.2) is 5.78 Å². The van der Waals surface area contributed by atoms with E-state index in [1.165, 1.54) is 0 Å². The number of carbonyl (C=O) groups is 1. The van der Waals surface area contributed by atoms with Crippen LogP contribution in [0.15, 0.2) is 36.8 Å². The van der Waals surface area contributed by atoms with Crippen molar-refractivity contribution in [3.63, 3.8) is 0 Å². The molecule has 0 atom stereocenters. The topological polar surface area (TPSA) is 94.8 Å². The van der Waals surface area contributed by atoms with Gasteiger partial charge in [-0.3, -0.25) is 9.78 Å². The number of rotatable bonds is 5. The van der Waals surface area contributed by atoms with Crippen LogP contribution in [0.2, 0.25) is 0 Å². The normalized spacial score (nSPS) is 17.4. The Labute approximate surface area is 181 Å². The van der Waals surface area contributed by atoms with Crippen molar-refractivity contribution in [2.24, 2.45) is 5.92 Å². The van der Waals surface area contributed by atoms with E-state index in [4.69, 9.17) is 5.26 Å². The minimum atomic E-state index is 0.132. The number of carbonyl (C=O) groups excluding carboxylic acids is 1. The van der Waals surface area contributed by atoms with Gasteiger partial charge in [-0.25, -0.2) is 9.97 Å². The zero-order valence-electron chi connectivity index (χ0n) is 17.5. The molecule has 3 heterocycles. The van der Waals surface area contributed by atoms with E-state index in [-0.39, 0.29) is 17.5 Å². The van der Waals surface area contributed by atoms with Gasteiger partial charge in [0.05, 0.1) is 16.8 Å². The molecule has 2 fully saturated rings. The number of ketones is 1. The van der Waals surface area contributed by atoms with Gasteiger partial charge in [-0.15, -0.1) is 0 Å². The lowest BCUT2D eigenvalue weighted by Gasteiger charge is -2.31. The second-order valence-electron chi connectivity index (χ2n) is 8.55. The van der Waals surface area contributed by atoms with Gasteiger partial charge in [0.2, 0.25) is 5.82 Å². The van der Waals surface area contributed by atoms with Gasteiger partial charge in [-0.1, -0.05) is 6.07 Å². The highest BCUT2D eigenvalue weighted by Gasteiger charge is 2.33. The zero-order chi connectivity index (χ0) is 21.4. The fraction of sp³-hybridized carbons (Fsp3) is 0.375. The highest BCUT2D eigenvalue weighted by Crippen LogP contribution is 2.38. The number of pyridine rings is 1. The van der Waals surface area contributed by atoms with E-state index in [0.717, 1.165) is 66.5 Å². The van der Waals surface area contributed by atoms with E-state index >= 15 is 0 Å². The van der Waals surface area contributed by atoms with Crippen molar-refractivity contribution in [1.82, 2.24) is 19.9 Å². The number of aromatic nitrogens is 3. The average Bonchev–Trinajstić information content (AvgIpc) is 3.66. The molecule has 31 heavy (non-hydrogen) atoms. The third kappa shape index (κ3) is 3.99. The summed E-state index contributed by atoms with van der Waals surface area (Å²) in [6, 6.07) is 8.26. The van der Waals surface area contributed by atoms with Gasteiger partial charge in [-0.05, 0) is 63.5 Å². The van der Waals surface area contributed by atoms with Crippen molar-refractivity contribution >= 4 is 22.4 Å². The van der Waals surface area contributed by atoms with Crippen LogP contribution in [0, 0.1) is 17.2 Å². The second kappa shape index (κ2) is 8.05. The van der Waals surface area contributed by atoms with Crippen molar-refractivity contribution < 1.29 is 4.79 Å². The first-order valence-corrected chi connectivity index (χ1v) is 10.8. The molecule has 1 aromatic carbocycles. The summed E-state index contributed by atoms with van der Waals surface area (Å²) in [5, 5.41) is 13.6. The number of hydrogen-bond donors (Lipinski definition) is 1. The van der Waals surface area contributed by atoms with Crippen LogP contribution in [-0.4, -0.2) is 51.8 Å². The number of benzene rings is 1. The molecule has 7 nitrogen and oxygen atoms in total. The Bertz CT molecular complexity index is 1170. The molecule has 1 saturated heterocycles. The number of nitrogens with zero attached hydrogens (tertiary/aromatic N) is 5. The van der Waals surface area contributed by atoms with Crippen molar-refractivity contribution in [3.8, 4) is 17.2 Å². The van der Waals surface area contributed by atoms with Crippen molar-refractivity contribution in [2.45, 2.75) is 31.7 Å². The number of likely N-dealkylation sites (tertiary alicyclic amines) is 1. The van der Waals surface area contributed by atoms with Crippen molar-refractivity contribution in [3.05, 3.63) is 48.2 Å². The third-order valence-corrected chi connectivity index (χ3v) is 6.23. The summed E-state index contributed by atoms with van der Waals surface area (Å²) in [6.07, 6.45) is 9.07. The molecule has 0 radical (unpaired) electrons. The van der Waals surface area contributed by atoms with Gasteiger partial charge in [-0.2, -0.15) is 5.26 Å². The molecule has 2 aliphatic rings. The van der Waals surface area contributed by atoms with E-state index in [1.807, 2.05) is 24.3 Å². The molecule has 1 saturated carbocycles. The van der Waals surface area contributed by atoms with Crippen LogP contribution in [0.3, 0.4) is 0 Å². The number of hydrogen-bond acceptors (Lipinski definition) is 7. The summed E-state index contributed by atoms with van der Waals surface area (Å²) < 4.78 is 0. The maximum absolute atomic E-state index is 13.1. The van der Waals surface area contributed by atoms with Gasteiger partial charge < -0.3 is 10.2 Å². The molecule has 2 aromatic heterocycles. The molecule has 7 heteroatoms. The Hall–Kier alpha value is -3.37. The van der Waals surface area contributed by atoms with E-state index in [1.54, 1.807) is 18.6 Å². The molecular weight excluding hydrogens is 388 g/mol. The molecule has 0 amide bonds. The average molecular weight is 412 g/mol. The third-order valence-electron chi connectivity index (χ3n) is 6.23. The Morgan fingerprint density at radius 2 is 1.81 bits per heavy atom. The summed E-state index contributed by atoms with van der Waals surface area (Å²) >= 11 is 0. The quantitative estimate of drug-likeness (QED) is 0.639. The molecule has 1 N–H and O–H groups in total. The predicted octanol–water partition coefficient (Wildman–Crippen LogP) is 3.66. The summed E-state index contributed by atoms with van der Waals surface area (Å²) in [7, 11) is 2.14. The summed E-state index contributed by atoms with van der Waals surface area (Å²) in [5.41, 5.74) is 4.20.